The Morgan fingerprint density at radius 1 is 0.857 bits per heavy atom. The molecule has 0 saturated heterocycles. The smallest absolute Gasteiger partial charge is 0.264 e. The normalized spacial score (nSPS) is 11.9. The second-order valence-corrected chi connectivity index (χ2v) is 12.1. The van der Waals surface area contributed by atoms with Gasteiger partial charge in [-0.3, -0.25) is 13.9 Å². The van der Waals surface area contributed by atoms with E-state index in [-0.39, 0.29) is 28.6 Å². The highest BCUT2D eigenvalue weighted by Gasteiger charge is 2.34. The molecule has 42 heavy (non-hydrogen) atoms. The highest BCUT2D eigenvalue weighted by molar-refractivity contribution is 7.92. The predicted octanol–water partition coefficient (Wildman–Crippen LogP) is 5.71. The predicted molar refractivity (Wildman–Crippen MR) is 162 cm³/mol. The molecule has 0 aliphatic carbocycles. The molecule has 4 aromatic carbocycles. The Bertz CT molecular complexity index is 1660. The van der Waals surface area contributed by atoms with Crippen molar-refractivity contribution in [3.8, 4) is 0 Å². The maximum absolute atomic E-state index is 14.2. The fourth-order valence-corrected chi connectivity index (χ4v) is 6.26. The molecule has 7 nitrogen and oxygen atoms in total. The van der Waals surface area contributed by atoms with Crippen LogP contribution in [-0.4, -0.2) is 44.8 Å². The first-order valence-corrected chi connectivity index (χ1v) is 15.1. The zero-order valence-electron chi connectivity index (χ0n) is 22.6. The van der Waals surface area contributed by atoms with Crippen LogP contribution in [0.3, 0.4) is 0 Å². The van der Waals surface area contributed by atoms with Crippen LogP contribution in [0.5, 0.6) is 0 Å². The number of hydrogen-bond acceptors (Lipinski definition) is 4. The van der Waals surface area contributed by atoms with Crippen LogP contribution in [0.1, 0.15) is 11.1 Å². The summed E-state index contributed by atoms with van der Waals surface area (Å²) in [7, 11) is -2.85. The minimum Gasteiger partial charge on any atom is -0.357 e. The van der Waals surface area contributed by atoms with E-state index in [1.165, 1.54) is 30.1 Å². The summed E-state index contributed by atoms with van der Waals surface area (Å²) < 4.78 is 42.6. The Balaban J connectivity index is 1.80. The summed E-state index contributed by atoms with van der Waals surface area (Å²) >= 11 is 12.2. The van der Waals surface area contributed by atoms with Gasteiger partial charge in [0.2, 0.25) is 11.8 Å². The minimum atomic E-state index is -4.32. The van der Waals surface area contributed by atoms with Gasteiger partial charge in [-0.1, -0.05) is 83.9 Å². The second-order valence-electron chi connectivity index (χ2n) is 9.39. The van der Waals surface area contributed by atoms with E-state index < -0.39 is 40.2 Å². The molecule has 1 N–H and O–H groups in total. The van der Waals surface area contributed by atoms with E-state index in [1.54, 1.807) is 42.5 Å². The summed E-state index contributed by atoms with van der Waals surface area (Å²) in [6.45, 7) is -0.726. The van der Waals surface area contributed by atoms with E-state index in [2.05, 4.69) is 5.32 Å². The van der Waals surface area contributed by atoms with Crippen molar-refractivity contribution in [3.05, 3.63) is 130 Å². The lowest BCUT2D eigenvalue weighted by Crippen LogP contribution is -2.53. The molecule has 0 bridgehead atoms. The first kappa shape index (κ1) is 31.0. The van der Waals surface area contributed by atoms with Gasteiger partial charge in [0.05, 0.1) is 15.6 Å². The second kappa shape index (κ2) is 13.8. The van der Waals surface area contributed by atoms with Gasteiger partial charge in [0, 0.05) is 25.0 Å². The van der Waals surface area contributed by atoms with Crippen LogP contribution >= 0.6 is 23.2 Å². The van der Waals surface area contributed by atoms with Crippen molar-refractivity contribution >= 4 is 50.7 Å². The molecular formula is C31H28Cl2FN3O4S. The molecule has 11 heteroatoms. The maximum Gasteiger partial charge on any atom is 0.264 e. The number of benzene rings is 4. The quantitative estimate of drug-likeness (QED) is 0.231. The zero-order valence-corrected chi connectivity index (χ0v) is 24.9. The average molecular weight is 629 g/mol. The summed E-state index contributed by atoms with van der Waals surface area (Å²) in [5, 5.41) is 2.75. The van der Waals surface area contributed by atoms with Gasteiger partial charge in [0.15, 0.2) is 0 Å². The first-order valence-electron chi connectivity index (χ1n) is 12.9. The number of sulfonamides is 1. The number of likely N-dealkylation sites (N-methyl/N-ethyl adjacent to an activating group) is 1. The molecule has 0 saturated carbocycles. The fraction of sp³-hybridized carbons (Fsp3) is 0.161. The van der Waals surface area contributed by atoms with Crippen LogP contribution in [-0.2, 0) is 32.6 Å². The highest BCUT2D eigenvalue weighted by Crippen LogP contribution is 2.28. The SMILES string of the molecule is CNC(=O)[C@H](Cc1ccccc1)N(Cc1cccc(Cl)c1)C(=O)CN(c1ccc(F)c(Cl)c1)S(=O)(=O)c1ccccc1. The van der Waals surface area contributed by atoms with E-state index in [0.717, 1.165) is 22.0 Å². The van der Waals surface area contributed by atoms with Crippen LogP contribution in [0.25, 0.3) is 0 Å². The summed E-state index contributed by atoms with van der Waals surface area (Å²) in [4.78, 5) is 28.7. The first-order chi connectivity index (χ1) is 20.1. The third-order valence-electron chi connectivity index (χ3n) is 6.56. The van der Waals surface area contributed by atoms with Crippen LogP contribution in [0.2, 0.25) is 10.0 Å². The van der Waals surface area contributed by atoms with Gasteiger partial charge in [0.1, 0.15) is 18.4 Å². The Labute approximate surface area is 254 Å². The van der Waals surface area contributed by atoms with Crippen molar-refractivity contribution in [2.45, 2.75) is 23.9 Å². The minimum absolute atomic E-state index is 0.0131. The number of carbonyl (C=O) groups is 2. The third kappa shape index (κ3) is 7.47. The van der Waals surface area contributed by atoms with Gasteiger partial charge >= 0.3 is 0 Å². The van der Waals surface area contributed by atoms with Crippen LogP contribution < -0.4 is 9.62 Å². The molecule has 218 valence electrons. The number of anilines is 1. The number of hydrogen-bond donors (Lipinski definition) is 1. The van der Waals surface area contributed by atoms with Crippen molar-refractivity contribution in [1.82, 2.24) is 10.2 Å². The van der Waals surface area contributed by atoms with Gasteiger partial charge in [-0.2, -0.15) is 0 Å². The number of halogens is 3. The van der Waals surface area contributed by atoms with E-state index in [0.29, 0.717) is 10.6 Å². The lowest BCUT2D eigenvalue weighted by atomic mass is 10.0. The van der Waals surface area contributed by atoms with Crippen molar-refractivity contribution in [1.29, 1.82) is 0 Å². The molecule has 2 amide bonds. The molecule has 0 aliphatic rings. The van der Waals surface area contributed by atoms with Crippen molar-refractivity contribution < 1.29 is 22.4 Å². The molecule has 4 rings (SSSR count). The lowest BCUT2D eigenvalue weighted by molar-refractivity contribution is -0.139. The molecule has 4 aromatic rings. The van der Waals surface area contributed by atoms with Crippen LogP contribution in [0, 0.1) is 5.82 Å². The van der Waals surface area contributed by atoms with Crippen LogP contribution in [0.4, 0.5) is 10.1 Å². The number of amides is 2. The Kier molecular flexibility index (Phi) is 10.2. The number of nitrogens with zero attached hydrogens (tertiary/aromatic N) is 2. The molecule has 0 aromatic heterocycles. The molecule has 0 fully saturated rings. The Morgan fingerprint density at radius 3 is 2.12 bits per heavy atom. The van der Waals surface area contributed by atoms with Gasteiger partial charge in [-0.05, 0) is 53.6 Å². The van der Waals surface area contributed by atoms with Gasteiger partial charge < -0.3 is 10.2 Å². The van der Waals surface area contributed by atoms with E-state index in [4.69, 9.17) is 23.2 Å². The number of carbonyl (C=O) groups excluding carboxylic acids is 2. The van der Waals surface area contributed by atoms with Gasteiger partial charge in [-0.25, -0.2) is 12.8 Å². The Hall–Kier alpha value is -3.92. The summed E-state index contributed by atoms with van der Waals surface area (Å²) in [5.74, 6) is -1.84. The standard InChI is InChI=1S/C31H28Cl2FN3O4S/c1-35-31(39)29(18-22-9-4-2-5-10-22)36(20-23-11-8-12-24(32)17-23)30(38)21-37(25-15-16-28(34)27(33)19-25)42(40,41)26-13-6-3-7-14-26/h2-17,19,29H,18,20-21H2,1H3,(H,35,39)/t29-/m0/s1. The summed E-state index contributed by atoms with van der Waals surface area (Å²) in [6.07, 6.45) is 0.167. The lowest BCUT2D eigenvalue weighted by Gasteiger charge is -2.33. The average Bonchev–Trinajstić information content (AvgIpc) is 2.99. The summed E-state index contributed by atoms with van der Waals surface area (Å²) in [5.41, 5.74) is 1.43. The monoisotopic (exact) mass is 627 g/mol. The highest BCUT2D eigenvalue weighted by atomic mass is 35.5. The van der Waals surface area contributed by atoms with E-state index >= 15 is 0 Å². The zero-order chi connectivity index (χ0) is 30.3. The van der Waals surface area contributed by atoms with Gasteiger partial charge in [0.25, 0.3) is 10.0 Å². The largest absolute Gasteiger partial charge is 0.357 e. The van der Waals surface area contributed by atoms with Gasteiger partial charge in [-0.15, -0.1) is 0 Å². The van der Waals surface area contributed by atoms with E-state index in [9.17, 15) is 22.4 Å². The third-order valence-corrected chi connectivity index (χ3v) is 8.87. The van der Waals surface area contributed by atoms with E-state index in [1.807, 2.05) is 30.3 Å². The van der Waals surface area contributed by atoms with Crippen molar-refractivity contribution in [2.75, 3.05) is 17.9 Å². The summed E-state index contributed by atoms with van der Waals surface area (Å²) in [6, 6.07) is 26.0. The number of nitrogens with one attached hydrogen (secondary N) is 1. The fourth-order valence-electron chi connectivity index (χ4n) is 4.44. The Morgan fingerprint density at radius 2 is 1.50 bits per heavy atom. The van der Waals surface area contributed by atoms with Crippen LogP contribution in [0.15, 0.2) is 108 Å². The maximum atomic E-state index is 14.2. The molecule has 0 radical (unpaired) electrons. The topological polar surface area (TPSA) is 86.8 Å². The van der Waals surface area contributed by atoms with Crippen molar-refractivity contribution in [2.24, 2.45) is 0 Å². The molecule has 0 unspecified atom stereocenters. The molecule has 1 atom stereocenters. The molecule has 0 aliphatic heterocycles. The molecule has 0 spiro atoms. The number of rotatable bonds is 11. The van der Waals surface area contributed by atoms with Crippen molar-refractivity contribution in [3.63, 3.8) is 0 Å². The molecule has 0 heterocycles. The molecular weight excluding hydrogens is 600 g/mol.